The highest BCUT2D eigenvalue weighted by Crippen LogP contribution is 2.10. The Morgan fingerprint density at radius 2 is 2.16 bits per heavy atom. The van der Waals surface area contributed by atoms with E-state index in [2.05, 4.69) is 27.9 Å². The van der Waals surface area contributed by atoms with E-state index in [1.807, 2.05) is 11.8 Å². The minimum absolute atomic E-state index is 0.000741. The van der Waals surface area contributed by atoms with E-state index in [1.54, 1.807) is 12.3 Å². The summed E-state index contributed by atoms with van der Waals surface area (Å²) in [6.45, 7) is 4.62. The zero-order valence-corrected chi connectivity index (χ0v) is 12.8. The van der Waals surface area contributed by atoms with E-state index < -0.39 is 0 Å². The molecule has 1 aromatic heterocycles. The summed E-state index contributed by atoms with van der Waals surface area (Å²) in [6, 6.07) is 3.33. The predicted octanol–water partition coefficient (Wildman–Crippen LogP) is 0.773. The Kier molecular flexibility index (Phi) is 4.42. The van der Waals surface area contributed by atoms with Crippen molar-refractivity contribution < 1.29 is 4.79 Å². The van der Waals surface area contributed by atoms with Gasteiger partial charge >= 0.3 is 0 Å². The third-order valence-corrected chi connectivity index (χ3v) is 3.87. The van der Waals surface area contributed by atoms with Gasteiger partial charge in [-0.15, -0.1) is 0 Å². The molecule has 104 valence electrons. The zero-order valence-electron chi connectivity index (χ0n) is 11.2. The number of nitrogens with zero attached hydrogens (tertiary/aromatic N) is 3. The van der Waals surface area contributed by atoms with E-state index in [1.165, 1.54) is 10.6 Å². The van der Waals surface area contributed by atoms with Gasteiger partial charge < -0.3 is 14.4 Å². The highest BCUT2D eigenvalue weighted by molar-refractivity contribution is 9.10. The van der Waals surface area contributed by atoms with Gasteiger partial charge in [-0.25, -0.2) is 0 Å². The van der Waals surface area contributed by atoms with Crippen molar-refractivity contribution >= 4 is 21.8 Å². The second-order valence-electron chi connectivity index (χ2n) is 5.01. The molecule has 6 heteroatoms. The molecule has 1 aliphatic rings. The smallest absolute Gasteiger partial charge is 0.251 e. The summed E-state index contributed by atoms with van der Waals surface area (Å²) in [5.41, 5.74) is -0.154. The second kappa shape index (κ2) is 5.88. The first-order chi connectivity index (χ1) is 8.97. The van der Waals surface area contributed by atoms with Crippen molar-refractivity contribution in [3.8, 4) is 0 Å². The van der Waals surface area contributed by atoms with Crippen LogP contribution in [0.1, 0.15) is 6.92 Å². The first-order valence-corrected chi connectivity index (χ1v) is 7.10. The molecule has 1 atom stereocenters. The second-order valence-corrected chi connectivity index (χ2v) is 5.93. The Morgan fingerprint density at radius 3 is 2.84 bits per heavy atom. The molecule has 0 aliphatic carbocycles. The van der Waals surface area contributed by atoms with Crippen LogP contribution in [0, 0.1) is 0 Å². The number of halogens is 1. The molecule has 0 saturated carbocycles. The number of rotatable bonds is 2. The molecule has 0 bridgehead atoms. The number of hydrogen-bond donors (Lipinski definition) is 0. The normalized spacial score (nSPS) is 20.6. The van der Waals surface area contributed by atoms with Gasteiger partial charge in [-0.3, -0.25) is 9.59 Å². The van der Waals surface area contributed by atoms with Crippen LogP contribution in [-0.2, 0) is 11.3 Å². The highest BCUT2D eigenvalue weighted by Gasteiger charge is 2.25. The zero-order chi connectivity index (χ0) is 14.0. The van der Waals surface area contributed by atoms with E-state index in [-0.39, 0.29) is 24.1 Å². The maximum atomic E-state index is 12.3. The first kappa shape index (κ1) is 14.3. The fourth-order valence-corrected chi connectivity index (χ4v) is 2.75. The van der Waals surface area contributed by atoms with Crippen LogP contribution < -0.4 is 5.56 Å². The number of pyridine rings is 1. The van der Waals surface area contributed by atoms with Gasteiger partial charge in [-0.2, -0.15) is 0 Å². The summed E-state index contributed by atoms with van der Waals surface area (Å²) in [7, 11) is 2.05. The van der Waals surface area contributed by atoms with Crippen molar-refractivity contribution in [2.75, 3.05) is 26.7 Å². The molecule has 1 aromatic rings. The van der Waals surface area contributed by atoms with E-state index in [4.69, 9.17) is 0 Å². The third kappa shape index (κ3) is 3.45. The van der Waals surface area contributed by atoms with Crippen molar-refractivity contribution in [1.29, 1.82) is 0 Å². The quantitative estimate of drug-likeness (QED) is 0.806. The van der Waals surface area contributed by atoms with Gasteiger partial charge in [0.1, 0.15) is 6.54 Å². The Morgan fingerprint density at radius 1 is 1.42 bits per heavy atom. The van der Waals surface area contributed by atoms with Gasteiger partial charge in [0.05, 0.1) is 0 Å². The molecule has 1 aliphatic heterocycles. The number of piperazine rings is 1. The van der Waals surface area contributed by atoms with Crippen LogP contribution in [0.15, 0.2) is 27.6 Å². The van der Waals surface area contributed by atoms with Crippen LogP contribution >= 0.6 is 15.9 Å². The van der Waals surface area contributed by atoms with Crippen LogP contribution in [-0.4, -0.2) is 53.0 Å². The molecular formula is C13H18BrN3O2. The van der Waals surface area contributed by atoms with Gasteiger partial charge in [0, 0.05) is 42.4 Å². The molecule has 2 heterocycles. The first-order valence-electron chi connectivity index (χ1n) is 6.31. The fraction of sp³-hybridized carbons (Fsp3) is 0.538. The van der Waals surface area contributed by atoms with Crippen molar-refractivity contribution in [2.45, 2.75) is 19.5 Å². The maximum absolute atomic E-state index is 12.3. The molecule has 1 fully saturated rings. The molecule has 5 nitrogen and oxygen atoms in total. The summed E-state index contributed by atoms with van der Waals surface area (Å²) in [5.74, 6) is 0.000741. The number of hydrogen-bond acceptors (Lipinski definition) is 3. The van der Waals surface area contributed by atoms with Crippen LogP contribution in [0.3, 0.4) is 0 Å². The van der Waals surface area contributed by atoms with E-state index in [9.17, 15) is 9.59 Å². The molecule has 0 radical (unpaired) electrons. The molecule has 2 rings (SSSR count). The number of carbonyl (C=O) groups excluding carboxylic acids is 1. The standard InChI is InChI=1S/C13H18BrN3O2/c1-10-7-15(2)5-6-17(10)13(19)9-16-8-11(14)3-4-12(16)18/h3-4,8,10H,5-7,9H2,1-2H3/t10-/m0/s1. The van der Waals surface area contributed by atoms with Crippen LogP contribution in [0.4, 0.5) is 0 Å². The SMILES string of the molecule is C[C@H]1CN(C)CCN1C(=O)Cn1cc(Br)ccc1=O. The van der Waals surface area contributed by atoms with Gasteiger partial charge in [0.2, 0.25) is 5.91 Å². The van der Waals surface area contributed by atoms with E-state index in [0.29, 0.717) is 0 Å². The lowest BCUT2D eigenvalue weighted by Gasteiger charge is -2.38. The minimum atomic E-state index is -0.154. The van der Waals surface area contributed by atoms with Crippen molar-refractivity contribution in [3.63, 3.8) is 0 Å². The number of carbonyl (C=O) groups is 1. The topological polar surface area (TPSA) is 45.5 Å². The highest BCUT2D eigenvalue weighted by atomic mass is 79.9. The summed E-state index contributed by atoms with van der Waals surface area (Å²) in [5, 5.41) is 0. The lowest BCUT2D eigenvalue weighted by Crippen LogP contribution is -2.53. The molecule has 0 spiro atoms. The van der Waals surface area contributed by atoms with Crippen molar-refractivity contribution in [2.24, 2.45) is 0 Å². The maximum Gasteiger partial charge on any atom is 0.251 e. The van der Waals surface area contributed by atoms with Gasteiger partial charge in [-0.1, -0.05) is 0 Å². The fourth-order valence-electron chi connectivity index (χ4n) is 2.37. The predicted molar refractivity (Wildman–Crippen MR) is 77.1 cm³/mol. The number of aromatic nitrogens is 1. The Hall–Kier alpha value is -1.14. The molecule has 19 heavy (non-hydrogen) atoms. The molecule has 0 aromatic carbocycles. The molecule has 0 unspecified atom stereocenters. The average molecular weight is 328 g/mol. The largest absolute Gasteiger partial charge is 0.336 e. The van der Waals surface area contributed by atoms with Gasteiger partial charge in [0.25, 0.3) is 5.56 Å². The summed E-state index contributed by atoms with van der Waals surface area (Å²) < 4.78 is 2.24. The van der Waals surface area contributed by atoms with Gasteiger partial charge in [0.15, 0.2) is 0 Å². The average Bonchev–Trinajstić information content (AvgIpc) is 2.33. The number of likely N-dealkylation sites (N-methyl/N-ethyl adjacent to an activating group) is 1. The molecular weight excluding hydrogens is 310 g/mol. The molecule has 0 N–H and O–H groups in total. The lowest BCUT2D eigenvalue weighted by atomic mass is 10.2. The van der Waals surface area contributed by atoms with Crippen molar-refractivity contribution in [1.82, 2.24) is 14.4 Å². The van der Waals surface area contributed by atoms with E-state index >= 15 is 0 Å². The number of amides is 1. The minimum Gasteiger partial charge on any atom is -0.336 e. The summed E-state index contributed by atoms with van der Waals surface area (Å²) >= 11 is 3.31. The third-order valence-electron chi connectivity index (χ3n) is 3.40. The van der Waals surface area contributed by atoms with Crippen LogP contribution in [0.2, 0.25) is 0 Å². The Bertz CT molecular complexity index is 529. The Balaban J connectivity index is 2.09. The summed E-state index contributed by atoms with van der Waals surface area (Å²) in [4.78, 5) is 28.0. The van der Waals surface area contributed by atoms with E-state index in [0.717, 1.165) is 24.1 Å². The van der Waals surface area contributed by atoms with Crippen molar-refractivity contribution in [3.05, 3.63) is 33.2 Å². The van der Waals surface area contributed by atoms with Crippen LogP contribution in [0.5, 0.6) is 0 Å². The van der Waals surface area contributed by atoms with Gasteiger partial charge in [-0.05, 0) is 36.0 Å². The molecule has 1 saturated heterocycles. The Labute approximate surface area is 120 Å². The molecule has 1 amide bonds. The summed E-state index contributed by atoms with van der Waals surface area (Å²) in [6.07, 6.45) is 1.65. The monoisotopic (exact) mass is 327 g/mol. The van der Waals surface area contributed by atoms with Crippen LogP contribution in [0.25, 0.3) is 0 Å². The lowest BCUT2D eigenvalue weighted by molar-refractivity contribution is -0.136.